The lowest BCUT2D eigenvalue weighted by Gasteiger charge is -2.09. The minimum Gasteiger partial charge on any atom is -0.489 e. The number of rotatable bonds is 3. The van der Waals surface area contributed by atoms with Crippen LogP contribution in [0.4, 0.5) is 4.39 Å². The number of hydrogen-bond acceptors (Lipinski definition) is 2. The third-order valence-electron chi connectivity index (χ3n) is 3.40. The molecule has 1 aliphatic rings. The molecular formula is C16H12ClFO2. The van der Waals surface area contributed by atoms with Crippen LogP contribution < -0.4 is 4.74 Å². The molecule has 0 unspecified atom stereocenters. The Labute approximate surface area is 121 Å². The second-order valence-corrected chi connectivity index (χ2v) is 5.20. The maximum absolute atomic E-state index is 13.6. The van der Waals surface area contributed by atoms with Crippen molar-refractivity contribution in [2.75, 3.05) is 0 Å². The predicted molar refractivity (Wildman–Crippen MR) is 74.8 cm³/mol. The summed E-state index contributed by atoms with van der Waals surface area (Å²) in [6.45, 7) is 0.110. The normalized spacial score (nSPS) is 13.4. The number of fused-ring (bicyclic) bond motifs is 1. The van der Waals surface area contributed by atoms with Crippen molar-refractivity contribution < 1.29 is 13.9 Å². The zero-order chi connectivity index (χ0) is 14.1. The number of ketones is 1. The van der Waals surface area contributed by atoms with Crippen LogP contribution in [0.1, 0.15) is 27.9 Å². The quantitative estimate of drug-likeness (QED) is 0.847. The van der Waals surface area contributed by atoms with E-state index in [9.17, 15) is 9.18 Å². The van der Waals surface area contributed by atoms with Gasteiger partial charge in [0.1, 0.15) is 18.2 Å². The van der Waals surface area contributed by atoms with E-state index in [2.05, 4.69) is 0 Å². The van der Waals surface area contributed by atoms with Gasteiger partial charge in [-0.15, -0.1) is 0 Å². The largest absolute Gasteiger partial charge is 0.489 e. The van der Waals surface area contributed by atoms with Crippen LogP contribution in [0.25, 0.3) is 0 Å². The number of benzene rings is 2. The first kappa shape index (κ1) is 13.1. The van der Waals surface area contributed by atoms with Gasteiger partial charge in [-0.1, -0.05) is 11.6 Å². The van der Waals surface area contributed by atoms with Gasteiger partial charge in [-0.05, 0) is 48.4 Å². The van der Waals surface area contributed by atoms with Gasteiger partial charge in [0.25, 0.3) is 0 Å². The fourth-order valence-corrected chi connectivity index (χ4v) is 2.53. The lowest BCUT2D eigenvalue weighted by atomic mass is 10.1. The number of carbonyl (C=O) groups is 1. The Morgan fingerprint density at radius 3 is 2.85 bits per heavy atom. The molecule has 2 aromatic carbocycles. The van der Waals surface area contributed by atoms with Gasteiger partial charge in [-0.25, -0.2) is 4.39 Å². The molecule has 102 valence electrons. The van der Waals surface area contributed by atoms with Crippen LogP contribution in [0.5, 0.6) is 5.75 Å². The van der Waals surface area contributed by atoms with E-state index >= 15 is 0 Å². The van der Waals surface area contributed by atoms with E-state index in [4.69, 9.17) is 16.3 Å². The first-order chi connectivity index (χ1) is 9.63. The number of Topliss-reactive ketones (excluding diaryl/α,β-unsaturated/α-hetero) is 1. The monoisotopic (exact) mass is 290 g/mol. The summed E-state index contributed by atoms with van der Waals surface area (Å²) in [5.74, 6) is 0.469. The molecule has 0 saturated carbocycles. The van der Waals surface area contributed by atoms with Crippen LogP contribution in [0, 0.1) is 5.82 Å². The molecule has 1 aliphatic carbocycles. The molecule has 0 aliphatic heterocycles. The summed E-state index contributed by atoms with van der Waals surface area (Å²) in [6.07, 6.45) is 1.30. The Morgan fingerprint density at radius 2 is 2.00 bits per heavy atom. The molecule has 20 heavy (non-hydrogen) atoms. The minimum absolute atomic E-state index is 0.110. The number of ether oxygens (including phenoxy) is 1. The van der Waals surface area contributed by atoms with Crippen molar-refractivity contribution in [2.45, 2.75) is 19.4 Å². The van der Waals surface area contributed by atoms with Crippen LogP contribution in [0.3, 0.4) is 0 Å². The second-order valence-electron chi connectivity index (χ2n) is 4.77. The van der Waals surface area contributed by atoms with Crippen LogP contribution in [0.15, 0.2) is 36.4 Å². The third-order valence-corrected chi connectivity index (χ3v) is 3.64. The third kappa shape index (κ3) is 2.54. The molecule has 0 saturated heterocycles. The molecule has 0 atom stereocenters. The van der Waals surface area contributed by atoms with Crippen molar-refractivity contribution in [3.8, 4) is 5.75 Å². The highest BCUT2D eigenvalue weighted by molar-refractivity contribution is 6.30. The van der Waals surface area contributed by atoms with Crippen molar-refractivity contribution in [3.05, 3.63) is 63.9 Å². The Hall–Kier alpha value is -1.87. The maximum Gasteiger partial charge on any atom is 0.163 e. The average Bonchev–Trinajstić information content (AvgIpc) is 2.81. The number of halogens is 2. The van der Waals surface area contributed by atoms with E-state index < -0.39 is 0 Å². The number of hydrogen-bond donors (Lipinski definition) is 0. The van der Waals surface area contributed by atoms with Gasteiger partial charge < -0.3 is 4.74 Å². The smallest absolute Gasteiger partial charge is 0.163 e. The molecule has 0 N–H and O–H groups in total. The Bertz CT molecular complexity index is 682. The molecule has 4 heteroatoms. The molecule has 0 spiro atoms. The van der Waals surface area contributed by atoms with Crippen molar-refractivity contribution in [1.29, 1.82) is 0 Å². The van der Waals surface area contributed by atoms with E-state index in [1.807, 2.05) is 6.07 Å². The number of carbonyl (C=O) groups excluding carboxylic acids is 1. The SMILES string of the molecule is O=C1CCc2cc(OCc3cc(Cl)ccc3F)ccc21. The fraction of sp³-hybridized carbons (Fsp3) is 0.188. The van der Waals surface area contributed by atoms with Gasteiger partial charge in [-0.2, -0.15) is 0 Å². The summed E-state index contributed by atoms with van der Waals surface area (Å²) in [5.41, 5.74) is 2.18. The van der Waals surface area contributed by atoms with Crippen LogP contribution in [0.2, 0.25) is 5.02 Å². The van der Waals surface area contributed by atoms with Gasteiger partial charge in [-0.3, -0.25) is 4.79 Å². The predicted octanol–water partition coefficient (Wildman–Crippen LogP) is 4.19. The first-order valence-electron chi connectivity index (χ1n) is 6.36. The molecule has 0 fully saturated rings. The average molecular weight is 291 g/mol. The Kier molecular flexibility index (Phi) is 3.45. The van der Waals surface area contributed by atoms with E-state index in [0.29, 0.717) is 22.8 Å². The van der Waals surface area contributed by atoms with Crippen molar-refractivity contribution in [3.63, 3.8) is 0 Å². The topological polar surface area (TPSA) is 26.3 Å². The molecule has 0 heterocycles. The Balaban J connectivity index is 1.76. The van der Waals surface area contributed by atoms with Crippen LogP contribution in [-0.2, 0) is 13.0 Å². The summed E-state index contributed by atoms with van der Waals surface area (Å²) in [6, 6.07) is 9.74. The molecule has 0 aromatic heterocycles. The molecule has 2 nitrogen and oxygen atoms in total. The van der Waals surface area contributed by atoms with Crippen LogP contribution >= 0.6 is 11.6 Å². The highest BCUT2D eigenvalue weighted by Crippen LogP contribution is 2.27. The van der Waals surface area contributed by atoms with Crippen molar-refractivity contribution >= 4 is 17.4 Å². The first-order valence-corrected chi connectivity index (χ1v) is 6.74. The fourth-order valence-electron chi connectivity index (χ4n) is 2.34. The molecule has 0 bridgehead atoms. The van der Waals surface area contributed by atoms with Gasteiger partial charge in [0.05, 0.1) is 0 Å². The Morgan fingerprint density at radius 1 is 1.15 bits per heavy atom. The van der Waals surface area contributed by atoms with E-state index in [1.54, 1.807) is 18.2 Å². The number of aryl methyl sites for hydroxylation is 1. The van der Waals surface area contributed by atoms with Crippen LogP contribution in [-0.4, -0.2) is 5.78 Å². The lowest BCUT2D eigenvalue weighted by molar-refractivity contribution is 0.0994. The van der Waals surface area contributed by atoms with Gasteiger partial charge in [0.15, 0.2) is 5.78 Å². The van der Waals surface area contributed by atoms with E-state index in [-0.39, 0.29) is 18.2 Å². The van der Waals surface area contributed by atoms with Gasteiger partial charge >= 0.3 is 0 Å². The van der Waals surface area contributed by atoms with Crippen molar-refractivity contribution in [1.82, 2.24) is 0 Å². The molecule has 3 rings (SSSR count). The van der Waals surface area contributed by atoms with Gasteiger partial charge in [0.2, 0.25) is 0 Å². The molecule has 0 amide bonds. The maximum atomic E-state index is 13.6. The van der Waals surface area contributed by atoms with Gasteiger partial charge in [0, 0.05) is 22.6 Å². The summed E-state index contributed by atoms with van der Waals surface area (Å²) in [7, 11) is 0. The lowest BCUT2D eigenvalue weighted by Crippen LogP contribution is -1.99. The van der Waals surface area contributed by atoms with Crippen molar-refractivity contribution in [2.24, 2.45) is 0 Å². The zero-order valence-corrected chi connectivity index (χ0v) is 11.4. The standard InChI is InChI=1S/C16H12ClFO2/c17-12-2-5-15(18)11(7-12)9-20-13-3-4-14-10(8-13)1-6-16(14)19/h2-5,7-8H,1,6,9H2. The summed E-state index contributed by atoms with van der Waals surface area (Å²) < 4.78 is 19.1. The van der Waals surface area contributed by atoms with E-state index in [1.165, 1.54) is 12.1 Å². The van der Waals surface area contributed by atoms with E-state index in [0.717, 1.165) is 17.5 Å². The molecule has 0 radical (unpaired) electrons. The summed E-state index contributed by atoms with van der Waals surface area (Å²) >= 11 is 5.83. The zero-order valence-electron chi connectivity index (χ0n) is 10.7. The summed E-state index contributed by atoms with van der Waals surface area (Å²) in [4.78, 5) is 11.5. The highest BCUT2D eigenvalue weighted by Gasteiger charge is 2.19. The minimum atomic E-state index is -0.342. The highest BCUT2D eigenvalue weighted by atomic mass is 35.5. The molecular weight excluding hydrogens is 279 g/mol. The second kappa shape index (κ2) is 5.25. The molecule has 2 aromatic rings. The summed E-state index contributed by atoms with van der Waals surface area (Å²) in [5, 5.41) is 0.476.